The molecular formula is C12H16FNOS. The second-order valence-corrected chi connectivity index (χ2v) is 5.23. The molecule has 2 unspecified atom stereocenters. The molecule has 0 aliphatic carbocycles. The van der Waals surface area contributed by atoms with Crippen LogP contribution in [0.5, 0.6) is 5.75 Å². The maximum absolute atomic E-state index is 13.9. The summed E-state index contributed by atoms with van der Waals surface area (Å²) in [6.07, 6.45) is 0. The van der Waals surface area contributed by atoms with E-state index >= 15 is 0 Å². The van der Waals surface area contributed by atoms with Crippen LogP contribution in [-0.2, 0) is 5.75 Å². The van der Waals surface area contributed by atoms with E-state index in [-0.39, 0.29) is 11.9 Å². The van der Waals surface area contributed by atoms with Gasteiger partial charge in [-0.3, -0.25) is 0 Å². The topological polar surface area (TPSA) is 35.2 Å². The maximum atomic E-state index is 13.9. The number of rotatable bonds is 1. The molecule has 16 heavy (non-hydrogen) atoms. The van der Waals surface area contributed by atoms with Crippen molar-refractivity contribution < 1.29 is 9.13 Å². The SMILES string of the molecule is COc1cc(F)c2c(c1)C(N)C(C)CSC2. The van der Waals surface area contributed by atoms with Gasteiger partial charge in [0.1, 0.15) is 11.6 Å². The van der Waals surface area contributed by atoms with Gasteiger partial charge >= 0.3 is 0 Å². The second-order valence-electron chi connectivity index (χ2n) is 4.20. The van der Waals surface area contributed by atoms with Crippen molar-refractivity contribution in [1.82, 2.24) is 0 Å². The van der Waals surface area contributed by atoms with Crippen molar-refractivity contribution in [2.24, 2.45) is 11.7 Å². The molecule has 1 aromatic rings. The van der Waals surface area contributed by atoms with E-state index in [1.54, 1.807) is 18.9 Å². The lowest BCUT2D eigenvalue weighted by Gasteiger charge is -2.19. The van der Waals surface area contributed by atoms with Crippen molar-refractivity contribution in [3.05, 3.63) is 29.1 Å². The third-order valence-electron chi connectivity index (χ3n) is 3.04. The number of hydrogen-bond acceptors (Lipinski definition) is 3. The van der Waals surface area contributed by atoms with Crippen molar-refractivity contribution in [3.8, 4) is 5.75 Å². The molecule has 2 atom stereocenters. The smallest absolute Gasteiger partial charge is 0.131 e. The van der Waals surface area contributed by atoms with Gasteiger partial charge in [-0.25, -0.2) is 4.39 Å². The molecule has 4 heteroatoms. The van der Waals surface area contributed by atoms with Crippen molar-refractivity contribution >= 4 is 11.8 Å². The van der Waals surface area contributed by atoms with Crippen molar-refractivity contribution in [2.45, 2.75) is 18.7 Å². The zero-order chi connectivity index (χ0) is 11.7. The third kappa shape index (κ3) is 2.04. The molecule has 1 aromatic carbocycles. The number of fused-ring (bicyclic) bond motifs is 1. The minimum Gasteiger partial charge on any atom is -0.497 e. The number of ether oxygens (including phenoxy) is 1. The fourth-order valence-corrected chi connectivity index (χ4v) is 3.16. The summed E-state index contributed by atoms with van der Waals surface area (Å²) < 4.78 is 18.9. The Labute approximate surface area is 99.4 Å². The van der Waals surface area contributed by atoms with Gasteiger partial charge in [0.15, 0.2) is 0 Å². The second kappa shape index (κ2) is 4.63. The minimum atomic E-state index is -0.202. The summed E-state index contributed by atoms with van der Waals surface area (Å²) in [7, 11) is 1.54. The zero-order valence-corrected chi connectivity index (χ0v) is 10.3. The van der Waals surface area contributed by atoms with E-state index in [0.29, 0.717) is 17.4 Å². The summed E-state index contributed by atoms with van der Waals surface area (Å²) >= 11 is 1.74. The van der Waals surface area contributed by atoms with Gasteiger partial charge in [0.2, 0.25) is 0 Å². The average molecular weight is 241 g/mol. The molecule has 2 N–H and O–H groups in total. The summed E-state index contributed by atoms with van der Waals surface area (Å²) in [5, 5.41) is 0. The summed E-state index contributed by atoms with van der Waals surface area (Å²) in [6.45, 7) is 2.10. The number of nitrogens with two attached hydrogens (primary N) is 1. The fourth-order valence-electron chi connectivity index (χ4n) is 1.96. The van der Waals surface area contributed by atoms with Gasteiger partial charge in [-0.2, -0.15) is 11.8 Å². The van der Waals surface area contributed by atoms with Crippen LogP contribution >= 0.6 is 11.8 Å². The molecule has 0 saturated heterocycles. The summed E-state index contributed by atoms with van der Waals surface area (Å²) in [5.74, 6) is 2.37. The number of thioether (sulfide) groups is 1. The predicted octanol–water partition coefficient (Wildman–Crippen LogP) is 2.72. The standard InChI is InChI=1S/C12H16FNOS/c1-7-5-16-6-10-9(12(7)14)3-8(15-2)4-11(10)13/h3-4,7,12H,5-6,14H2,1-2H3. The summed E-state index contributed by atoms with van der Waals surface area (Å²) in [5.41, 5.74) is 7.78. The highest BCUT2D eigenvalue weighted by molar-refractivity contribution is 7.98. The van der Waals surface area contributed by atoms with E-state index in [4.69, 9.17) is 10.5 Å². The molecule has 2 nitrogen and oxygen atoms in total. The van der Waals surface area contributed by atoms with Gasteiger partial charge in [-0.15, -0.1) is 0 Å². The normalized spacial score (nSPS) is 24.8. The highest BCUT2D eigenvalue weighted by atomic mass is 32.2. The van der Waals surface area contributed by atoms with Crippen LogP contribution in [-0.4, -0.2) is 12.9 Å². The lowest BCUT2D eigenvalue weighted by Crippen LogP contribution is -2.20. The number of halogens is 1. The third-order valence-corrected chi connectivity index (χ3v) is 4.29. The number of benzene rings is 1. The van der Waals surface area contributed by atoms with Crippen LogP contribution in [0, 0.1) is 11.7 Å². The first kappa shape index (κ1) is 11.7. The largest absolute Gasteiger partial charge is 0.497 e. The van der Waals surface area contributed by atoms with Crippen LogP contribution in [0.1, 0.15) is 24.1 Å². The van der Waals surface area contributed by atoms with E-state index in [9.17, 15) is 4.39 Å². The molecule has 88 valence electrons. The molecule has 0 bridgehead atoms. The molecule has 0 aromatic heterocycles. The monoisotopic (exact) mass is 241 g/mol. The molecule has 0 amide bonds. The first-order valence-corrected chi connectivity index (χ1v) is 6.48. The van der Waals surface area contributed by atoms with Crippen molar-refractivity contribution in [2.75, 3.05) is 12.9 Å². The van der Waals surface area contributed by atoms with Gasteiger partial charge in [0, 0.05) is 23.4 Å². The van der Waals surface area contributed by atoms with Crippen molar-refractivity contribution in [1.29, 1.82) is 0 Å². The molecule has 0 saturated carbocycles. The lowest BCUT2D eigenvalue weighted by atomic mass is 9.93. The molecule has 0 fully saturated rings. The van der Waals surface area contributed by atoms with Crippen LogP contribution in [0.2, 0.25) is 0 Å². The van der Waals surface area contributed by atoms with Gasteiger partial charge in [-0.1, -0.05) is 6.92 Å². The predicted molar refractivity (Wildman–Crippen MR) is 65.2 cm³/mol. The molecule has 0 radical (unpaired) electrons. The molecule has 1 aliphatic heterocycles. The summed E-state index contributed by atoms with van der Waals surface area (Å²) in [6, 6.07) is 3.20. The minimum absolute atomic E-state index is 0.102. The zero-order valence-electron chi connectivity index (χ0n) is 9.50. The Balaban J connectivity index is 2.51. The van der Waals surface area contributed by atoms with E-state index in [1.165, 1.54) is 6.07 Å². The Bertz CT molecular complexity index is 397. The molecule has 1 aliphatic rings. The van der Waals surface area contributed by atoms with Crippen LogP contribution in [0.25, 0.3) is 0 Å². The first-order chi connectivity index (χ1) is 7.63. The molecular weight excluding hydrogens is 225 g/mol. The number of hydrogen-bond donors (Lipinski definition) is 1. The highest BCUT2D eigenvalue weighted by Crippen LogP contribution is 2.36. The van der Waals surface area contributed by atoms with Crippen LogP contribution < -0.4 is 10.5 Å². The Hall–Kier alpha value is -0.740. The molecule has 0 spiro atoms. The van der Waals surface area contributed by atoms with Crippen LogP contribution in [0.15, 0.2) is 12.1 Å². The Morgan fingerprint density at radius 3 is 2.94 bits per heavy atom. The quantitative estimate of drug-likeness (QED) is 0.821. The van der Waals surface area contributed by atoms with Crippen LogP contribution in [0.3, 0.4) is 0 Å². The Kier molecular flexibility index (Phi) is 3.40. The Morgan fingerprint density at radius 1 is 1.50 bits per heavy atom. The van der Waals surface area contributed by atoms with E-state index in [2.05, 4.69) is 6.92 Å². The van der Waals surface area contributed by atoms with Gasteiger partial charge in [0.25, 0.3) is 0 Å². The van der Waals surface area contributed by atoms with E-state index < -0.39 is 0 Å². The highest BCUT2D eigenvalue weighted by Gasteiger charge is 2.24. The van der Waals surface area contributed by atoms with E-state index in [1.807, 2.05) is 6.07 Å². The Morgan fingerprint density at radius 2 is 2.25 bits per heavy atom. The average Bonchev–Trinajstić information content (AvgIpc) is 2.41. The molecule has 1 heterocycles. The van der Waals surface area contributed by atoms with Gasteiger partial charge in [-0.05, 0) is 23.3 Å². The van der Waals surface area contributed by atoms with Gasteiger partial charge in [0.05, 0.1) is 7.11 Å². The first-order valence-electron chi connectivity index (χ1n) is 5.33. The lowest BCUT2D eigenvalue weighted by molar-refractivity contribution is 0.408. The molecule has 2 rings (SSSR count). The maximum Gasteiger partial charge on any atom is 0.131 e. The number of methoxy groups -OCH3 is 1. The fraction of sp³-hybridized carbons (Fsp3) is 0.500. The van der Waals surface area contributed by atoms with E-state index in [0.717, 1.165) is 16.9 Å². The summed E-state index contributed by atoms with van der Waals surface area (Å²) in [4.78, 5) is 0. The van der Waals surface area contributed by atoms with Crippen molar-refractivity contribution in [3.63, 3.8) is 0 Å². The van der Waals surface area contributed by atoms with Crippen LogP contribution in [0.4, 0.5) is 4.39 Å². The van der Waals surface area contributed by atoms with Gasteiger partial charge < -0.3 is 10.5 Å².